The van der Waals surface area contributed by atoms with Crippen LogP contribution in [-0.4, -0.2) is 20.9 Å². The van der Waals surface area contributed by atoms with Crippen molar-refractivity contribution in [1.29, 1.82) is 0 Å². The summed E-state index contributed by atoms with van der Waals surface area (Å²) in [6.07, 6.45) is 3.74. The largest absolute Gasteiger partial charge is 0.440 e. The summed E-state index contributed by atoms with van der Waals surface area (Å²) in [6.45, 7) is 0.388. The SMILES string of the molecule is O=C(NCc1cccnc1)c1ccc2c(c1)Cc1c([nH]c(=S)[nH]c1=O)O2. The number of carbonyl (C=O) groups excluding carboxylic acids is 1. The zero-order chi connectivity index (χ0) is 18.1. The second-order valence-electron chi connectivity index (χ2n) is 5.86. The summed E-state index contributed by atoms with van der Waals surface area (Å²) in [4.78, 5) is 33.9. The van der Waals surface area contributed by atoms with Crippen LogP contribution in [0.4, 0.5) is 0 Å². The van der Waals surface area contributed by atoms with Gasteiger partial charge >= 0.3 is 0 Å². The lowest BCUT2D eigenvalue weighted by Crippen LogP contribution is -2.23. The van der Waals surface area contributed by atoms with E-state index >= 15 is 0 Å². The number of pyridine rings is 1. The lowest BCUT2D eigenvalue weighted by Gasteiger charge is -2.19. The van der Waals surface area contributed by atoms with E-state index in [4.69, 9.17) is 17.0 Å². The van der Waals surface area contributed by atoms with Gasteiger partial charge in [0.05, 0.1) is 5.56 Å². The molecule has 0 saturated heterocycles. The Morgan fingerprint density at radius 2 is 2.19 bits per heavy atom. The van der Waals surface area contributed by atoms with Crippen molar-refractivity contribution < 1.29 is 9.53 Å². The molecule has 3 aromatic rings. The number of H-pyrrole nitrogens is 2. The Kier molecular flexibility index (Phi) is 4.10. The number of hydrogen-bond acceptors (Lipinski definition) is 5. The normalized spacial score (nSPS) is 11.8. The Bertz CT molecular complexity index is 1110. The van der Waals surface area contributed by atoms with E-state index in [-0.39, 0.29) is 16.2 Å². The monoisotopic (exact) mass is 366 g/mol. The third-order valence-electron chi connectivity index (χ3n) is 4.08. The highest BCUT2D eigenvalue weighted by Gasteiger charge is 2.21. The van der Waals surface area contributed by atoms with Crippen molar-refractivity contribution in [2.24, 2.45) is 0 Å². The lowest BCUT2D eigenvalue weighted by molar-refractivity contribution is 0.0950. The van der Waals surface area contributed by atoms with E-state index in [1.54, 1.807) is 30.6 Å². The molecule has 4 rings (SSSR count). The molecule has 0 fully saturated rings. The minimum Gasteiger partial charge on any atom is -0.440 e. The predicted molar refractivity (Wildman–Crippen MR) is 97.0 cm³/mol. The van der Waals surface area contributed by atoms with Crippen molar-refractivity contribution in [3.63, 3.8) is 0 Å². The number of amides is 1. The summed E-state index contributed by atoms with van der Waals surface area (Å²) < 4.78 is 5.93. The minimum absolute atomic E-state index is 0.205. The summed E-state index contributed by atoms with van der Waals surface area (Å²) in [7, 11) is 0. The molecule has 0 bridgehead atoms. The van der Waals surface area contributed by atoms with E-state index < -0.39 is 0 Å². The zero-order valence-electron chi connectivity index (χ0n) is 13.5. The Labute approximate surface area is 153 Å². The van der Waals surface area contributed by atoms with E-state index in [9.17, 15) is 9.59 Å². The highest BCUT2D eigenvalue weighted by atomic mass is 32.1. The van der Waals surface area contributed by atoms with Crippen LogP contribution < -0.4 is 15.6 Å². The Hall–Kier alpha value is -3.26. The first kappa shape index (κ1) is 16.2. The number of aromatic amines is 2. The predicted octanol–water partition coefficient (Wildman–Crippen LogP) is 2.45. The van der Waals surface area contributed by atoms with Crippen LogP contribution >= 0.6 is 12.2 Å². The quantitative estimate of drug-likeness (QED) is 0.484. The van der Waals surface area contributed by atoms with Gasteiger partial charge in [-0.15, -0.1) is 0 Å². The molecule has 0 aliphatic carbocycles. The van der Waals surface area contributed by atoms with Crippen LogP contribution in [0.25, 0.3) is 0 Å². The van der Waals surface area contributed by atoms with Gasteiger partial charge in [0.1, 0.15) is 5.75 Å². The fourth-order valence-electron chi connectivity index (χ4n) is 2.79. The topological polar surface area (TPSA) is 99.9 Å². The molecule has 26 heavy (non-hydrogen) atoms. The van der Waals surface area contributed by atoms with Crippen LogP contribution in [-0.2, 0) is 13.0 Å². The van der Waals surface area contributed by atoms with Gasteiger partial charge < -0.3 is 15.0 Å². The van der Waals surface area contributed by atoms with Crippen LogP contribution in [0, 0.1) is 4.77 Å². The summed E-state index contributed by atoms with van der Waals surface area (Å²) in [5, 5.41) is 2.85. The van der Waals surface area contributed by atoms with Crippen molar-refractivity contribution in [3.8, 4) is 11.6 Å². The number of ether oxygens (including phenoxy) is 1. The highest BCUT2D eigenvalue weighted by molar-refractivity contribution is 7.71. The van der Waals surface area contributed by atoms with Crippen LogP contribution in [0.3, 0.4) is 0 Å². The van der Waals surface area contributed by atoms with E-state index in [0.29, 0.717) is 35.7 Å². The average Bonchev–Trinajstić information content (AvgIpc) is 2.65. The van der Waals surface area contributed by atoms with Gasteiger partial charge in [0, 0.05) is 36.5 Å². The molecule has 2 aromatic heterocycles. The molecule has 1 amide bonds. The molecule has 1 aliphatic heterocycles. The third kappa shape index (κ3) is 3.14. The molecule has 0 spiro atoms. The first-order valence-corrected chi connectivity index (χ1v) is 8.34. The van der Waals surface area contributed by atoms with E-state index in [0.717, 1.165) is 11.1 Å². The zero-order valence-corrected chi connectivity index (χ0v) is 14.4. The van der Waals surface area contributed by atoms with Crippen LogP contribution in [0.5, 0.6) is 11.6 Å². The Morgan fingerprint density at radius 3 is 3.00 bits per heavy atom. The number of aromatic nitrogens is 3. The molecule has 3 heterocycles. The minimum atomic E-state index is -0.291. The maximum absolute atomic E-state index is 12.4. The number of carbonyl (C=O) groups is 1. The molecule has 1 aromatic carbocycles. The van der Waals surface area contributed by atoms with Crippen molar-refractivity contribution in [1.82, 2.24) is 20.3 Å². The maximum Gasteiger partial charge on any atom is 0.259 e. The van der Waals surface area contributed by atoms with Gasteiger partial charge in [0.15, 0.2) is 4.77 Å². The first-order valence-electron chi connectivity index (χ1n) is 7.93. The summed E-state index contributed by atoms with van der Waals surface area (Å²) >= 11 is 4.96. The second-order valence-corrected chi connectivity index (χ2v) is 6.27. The van der Waals surface area contributed by atoms with Gasteiger partial charge in [0.2, 0.25) is 5.88 Å². The highest BCUT2D eigenvalue weighted by Crippen LogP contribution is 2.33. The Morgan fingerprint density at radius 1 is 1.31 bits per heavy atom. The summed E-state index contributed by atoms with van der Waals surface area (Å²) in [6, 6.07) is 8.84. The average molecular weight is 366 g/mol. The molecule has 0 radical (unpaired) electrons. The number of hydrogen-bond donors (Lipinski definition) is 3. The van der Waals surface area contributed by atoms with Gasteiger partial charge in [-0.05, 0) is 42.0 Å². The number of nitrogens with one attached hydrogen (secondary N) is 3. The molecule has 7 nitrogen and oxygen atoms in total. The first-order chi connectivity index (χ1) is 12.6. The van der Waals surface area contributed by atoms with E-state index in [1.807, 2.05) is 12.1 Å². The van der Waals surface area contributed by atoms with Gasteiger partial charge in [-0.3, -0.25) is 19.6 Å². The van der Waals surface area contributed by atoms with Crippen molar-refractivity contribution in [2.45, 2.75) is 13.0 Å². The Balaban J connectivity index is 1.56. The van der Waals surface area contributed by atoms with E-state index in [1.165, 1.54) is 0 Å². The number of rotatable bonds is 3. The molecule has 8 heteroatoms. The number of nitrogens with zero attached hydrogens (tertiary/aromatic N) is 1. The molecule has 1 aliphatic rings. The molecule has 130 valence electrons. The second kappa shape index (κ2) is 6.57. The molecule has 3 N–H and O–H groups in total. The lowest BCUT2D eigenvalue weighted by atomic mass is 10.0. The molecule has 0 unspecified atom stereocenters. The standard InChI is InChI=1S/C18H14N4O3S/c23-15(20-9-10-2-1-5-19-8-10)11-3-4-14-12(6-11)7-13-16(24)21-18(26)22-17(13)25-14/h1-6,8H,7,9H2,(H,20,23)(H2,21,22,24,26). The van der Waals surface area contributed by atoms with Gasteiger partial charge in [-0.25, -0.2) is 0 Å². The summed E-state index contributed by atoms with van der Waals surface area (Å²) in [5.74, 6) is 0.737. The number of benzene rings is 1. The molecule has 0 atom stereocenters. The van der Waals surface area contributed by atoms with Crippen molar-refractivity contribution >= 4 is 18.1 Å². The van der Waals surface area contributed by atoms with Crippen LogP contribution in [0.15, 0.2) is 47.5 Å². The molecule has 0 saturated carbocycles. The van der Waals surface area contributed by atoms with Gasteiger partial charge in [0.25, 0.3) is 11.5 Å². The third-order valence-corrected chi connectivity index (χ3v) is 4.28. The van der Waals surface area contributed by atoms with Crippen LogP contribution in [0.1, 0.15) is 27.0 Å². The van der Waals surface area contributed by atoms with Gasteiger partial charge in [-0.2, -0.15) is 0 Å². The van der Waals surface area contributed by atoms with Crippen molar-refractivity contribution in [2.75, 3.05) is 0 Å². The van der Waals surface area contributed by atoms with Crippen LogP contribution in [0.2, 0.25) is 0 Å². The summed E-state index contributed by atoms with van der Waals surface area (Å²) in [5.41, 5.74) is 2.35. The smallest absolute Gasteiger partial charge is 0.259 e. The van der Waals surface area contributed by atoms with Gasteiger partial charge in [-0.1, -0.05) is 6.07 Å². The molecular formula is C18H14N4O3S. The molecular weight excluding hydrogens is 352 g/mol. The van der Waals surface area contributed by atoms with Crippen molar-refractivity contribution in [3.05, 3.63) is 80.1 Å². The van der Waals surface area contributed by atoms with E-state index in [2.05, 4.69) is 20.3 Å². The fourth-order valence-corrected chi connectivity index (χ4v) is 2.97. The maximum atomic E-state index is 12.4. The fraction of sp³-hybridized carbons (Fsp3) is 0.111. The number of fused-ring (bicyclic) bond motifs is 2.